The fourth-order valence-corrected chi connectivity index (χ4v) is 13.1. The van der Waals surface area contributed by atoms with Gasteiger partial charge in [-0.15, -0.1) is 0 Å². The zero-order chi connectivity index (χ0) is 56.4. The maximum Gasteiger partial charge on any atom is 0.253 e. The quantitative estimate of drug-likeness (QED) is 0.0712. The first kappa shape index (κ1) is 60.0. The maximum absolute atomic E-state index is 14.8. The number of carbonyl (C=O) groups excluding carboxylic acids is 6. The summed E-state index contributed by atoms with van der Waals surface area (Å²) in [5.74, 6) is -0.302. The molecule has 0 aromatic heterocycles. The van der Waals surface area contributed by atoms with Crippen LogP contribution < -0.4 is 10.6 Å². The van der Waals surface area contributed by atoms with Crippen LogP contribution in [-0.4, -0.2) is 125 Å². The van der Waals surface area contributed by atoms with E-state index in [1.165, 1.54) is 6.42 Å². The van der Waals surface area contributed by atoms with Crippen LogP contribution in [0.15, 0.2) is 109 Å². The molecule has 2 N–H and O–H groups in total. The number of carbonyl (C=O) groups is 6. The lowest BCUT2D eigenvalue weighted by Crippen LogP contribution is -2.59. The number of likely N-dealkylation sites (N-methyl/N-ethyl adjacent to an activating group) is 1. The molecule has 6 atom stereocenters. The predicted octanol–water partition coefficient (Wildman–Crippen LogP) is 11.4. The van der Waals surface area contributed by atoms with Crippen LogP contribution in [0.1, 0.15) is 168 Å². The molecule has 2 heterocycles. The van der Waals surface area contributed by atoms with E-state index in [1.807, 2.05) is 125 Å². The maximum atomic E-state index is 14.8. The van der Waals surface area contributed by atoms with Crippen LogP contribution in [0.2, 0.25) is 0 Å². The monoisotopic (exact) mass is 1090 g/mol. The van der Waals surface area contributed by atoms with Crippen LogP contribution in [0, 0.1) is 23.7 Å². The Bertz CT molecular complexity index is 2430. The summed E-state index contributed by atoms with van der Waals surface area (Å²) in [4.78, 5) is 94.0. The molecule has 2 saturated carbocycles. The number of nitrogens with one attached hydrogen (secondary N) is 2. The number of ketones is 1. The van der Waals surface area contributed by atoms with Crippen molar-refractivity contribution in [1.82, 2.24) is 30.2 Å². The van der Waals surface area contributed by atoms with E-state index < -0.39 is 6.04 Å². The summed E-state index contributed by atoms with van der Waals surface area (Å²) in [6.07, 6.45) is 18.1. The normalized spacial score (nSPS) is 19.8. The van der Waals surface area contributed by atoms with Gasteiger partial charge >= 0.3 is 0 Å². The second kappa shape index (κ2) is 30.1. The second-order valence-corrected chi connectivity index (χ2v) is 23.9. The minimum atomic E-state index is -0.560. The fraction of sp³-hybridized carbons (Fsp3) is 0.559. The molecule has 0 spiro atoms. The van der Waals surface area contributed by atoms with Gasteiger partial charge in [-0.05, 0) is 156 Å². The molecule has 0 radical (unpaired) electrons. The zero-order valence-electron chi connectivity index (χ0n) is 48.6. The number of Topliss-reactive ketones (excluding diaryl/α,β-unsaturated/α-hetero) is 1. The van der Waals surface area contributed by atoms with Crippen molar-refractivity contribution in [2.75, 3.05) is 46.3 Å². The van der Waals surface area contributed by atoms with Crippen LogP contribution in [-0.2, 0) is 32.0 Å². The molecule has 4 fully saturated rings. The lowest BCUT2D eigenvalue weighted by molar-refractivity contribution is -0.144. The minimum absolute atomic E-state index is 0.00283. The lowest BCUT2D eigenvalue weighted by Gasteiger charge is -2.42. The van der Waals surface area contributed by atoms with E-state index in [9.17, 15) is 28.8 Å². The first-order valence-electron chi connectivity index (χ1n) is 30.9. The molecule has 5 amide bonds. The van der Waals surface area contributed by atoms with Crippen LogP contribution in [0.5, 0.6) is 0 Å². The number of amides is 5. The summed E-state index contributed by atoms with van der Waals surface area (Å²) in [6.45, 7) is 8.87. The van der Waals surface area contributed by atoms with E-state index in [2.05, 4.69) is 34.9 Å². The molecule has 8 rings (SSSR count). The van der Waals surface area contributed by atoms with E-state index in [0.717, 1.165) is 119 Å². The number of likely N-dealkylation sites (tertiary alicyclic amines) is 2. The largest absolute Gasteiger partial charge is 0.344 e. The summed E-state index contributed by atoms with van der Waals surface area (Å²) >= 11 is 0. The average molecular weight is 1090 g/mol. The first-order valence-corrected chi connectivity index (χ1v) is 30.9. The number of hydrogen-bond acceptors (Lipinski definition) is 7. The molecule has 2 saturated heterocycles. The number of hydrogen-bond donors (Lipinski definition) is 2. The lowest BCUT2D eigenvalue weighted by atomic mass is 9.76. The smallest absolute Gasteiger partial charge is 0.253 e. The molecule has 0 bridgehead atoms. The minimum Gasteiger partial charge on any atom is -0.344 e. The molecule has 2 aliphatic heterocycles. The Labute approximate surface area is 478 Å². The van der Waals surface area contributed by atoms with Crippen molar-refractivity contribution in [3.05, 3.63) is 131 Å². The van der Waals surface area contributed by atoms with Crippen LogP contribution in [0.3, 0.4) is 0 Å². The standard InChI is InChI=1S/C68H92N6O6/c1-5-49(2)64(76)70-63(56-28-16-9-17-29-56)68(80)74-43-21-19-31-60(74)48-72(45-41-52-24-12-7-13-25-52)66(78)58-38-34-54(35-39-58)53-32-36-57(37-33-53)65(77)71(44-40-51-22-10-6-11-23-51)47-59-30-18-20-42-73(59)67(79)61(46-62(75)50(3)69-4)55-26-14-8-15-27-55/h6-7,10-13,22-25,32-39,49-50,55-56,59-61,63,69H,5,8-9,14-21,26-31,40-48H2,1-4H3,(H,70,76)/t49-,50+,59+,60+,61+,63+/m1/s1. The molecular weight excluding hydrogens is 997 g/mol. The summed E-state index contributed by atoms with van der Waals surface area (Å²) < 4.78 is 0. The van der Waals surface area contributed by atoms with E-state index in [0.29, 0.717) is 69.7 Å². The summed E-state index contributed by atoms with van der Waals surface area (Å²) in [5, 5.41) is 6.33. The van der Waals surface area contributed by atoms with Crippen LogP contribution in [0.25, 0.3) is 11.1 Å². The molecular formula is C68H92N6O6. The number of nitrogens with zero attached hydrogens (tertiary/aromatic N) is 4. The number of benzene rings is 4. The number of piperidine rings is 2. The molecule has 430 valence electrons. The van der Waals surface area contributed by atoms with Gasteiger partial charge in [-0.3, -0.25) is 28.8 Å². The first-order chi connectivity index (χ1) is 38.9. The highest BCUT2D eigenvalue weighted by molar-refractivity contribution is 5.96. The van der Waals surface area contributed by atoms with Gasteiger partial charge in [0.2, 0.25) is 17.7 Å². The van der Waals surface area contributed by atoms with Gasteiger partial charge in [0.25, 0.3) is 11.8 Å². The van der Waals surface area contributed by atoms with Crippen molar-refractivity contribution in [3.8, 4) is 11.1 Å². The van der Waals surface area contributed by atoms with Crippen molar-refractivity contribution in [1.29, 1.82) is 0 Å². The fourth-order valence-electron chi connectivity index (χ4n) is 13.1. The summed E-state index contributed by atoms with van der Waals surface area (Å²) in [7, 11) is 1.79. The molecule has 4 aliphatic rings. The van der Waals surface area contributed by atoms with Crippen LogP contribution >= 0.6 is 0 Å². The van der Waals surface area contributed by atoms with Gasteiger partial charge in [0.15, 0.2) is 0 Å². The third-order valence-electron chi connectivity index (χ3n) is 18.5. The third kappa shape index (κ3) is 16.1. The Hall–Kier alpha value is -6.14. The topological polar surface area (TPSA) is 139 Å². The van der Waals surface area contributed by atoms with Gasteiger partial charge < -0.3 is 30.2 Å². The molecule has 80 heavy (non-hydrogen) atoms. The van der Waals surface area contributed by atoms with Gasteiger partial charge in [-0.2, -0.15) is 0 Å². The Kier molecular flexibility index (Phi) is 22.5. The Balaban J connectivity index is 0.985. The Morgan fingerprint density at radius 1 is 0.537 bits per heavy atom. The molecule has 4 aromatic rings. The Morgan fingerprint density at radius 3 is 1.43 bits per heavy atom. The summed E-state index contributed by atoms with van der Waals surface area (Å²) in [5.41, 5.74) is 5.25. The van der Waals surface area contributed by atoms with Crippen LogP contribution in [0.4, 0.5) is 0 Å². The second-order valence-electron chi connectivity index (χ2n) is 23.9. The average Bonchev–Trinajstić information content (AvgIpc) is 3.55. The summed E-state index contributed by atoms with van der Waals surface area (Å²) in [6, 6.07) is 34.7. The highest BCUT2D eigenvalue weighted by Crippen LogP contribution is 2.36. The van der Waals surface area contributed by atoms with Crippen molar-refractivity contribution < 1.29 is 28.8 Å². The molecule has 4 aromatic carbocycles. The molecule has 0 unspecified atom stereocenters. The predicted molar refractivity (Wildman–Crippen MR) is 319 cm³/mol. The van der Waals surface area contributed by atoms with E-state index in [-0.39, 0.29) is 83.5 Å². The van der Waals surface area contributed by atoms with Gasteiger partial charge in [0.05, 0.1) is 6.04 Å². The van der Waals surface area contributed by atoms with E-state index >= 15 is 0 Å². The van der Waals surface area contributed by atoms with Gasteiger partial charge in [-0.25, -0.2) is 0 Å². The zero-order valence-corrected chi connectivity index (χ0v) is 48.6. The van der Waals surface area contributed by atoms with Crippen molar-refractivity contribution in [2.45, 2.75) is 173 Å². The molecule has 2 aliphatic carbocycles. The SMILES string of the molecule is CC[C@@H](C)C(=O)N[C@H](C(=O)N1CCCC[C@H]1CN(CCc1ccccc1)C(=O)c1ccc(-c2ccc(C(=O)N(CCc3ccccc3)C[C@@H]3CCCCN3C(=O)[C@@H](CC(=O)[C@H](C)NC)C3CCCCC3)cc2)cc1)C1CCCCC1. The molecule has 12 nitrogen and oxygen atoms in total. The third-order valence-corrected chi connectivity index (χ3v) is 18.5. The molecule has 12 heteroatoms. The highest BCUT2D eigenvalue weighted by atomic mass is 16.2. The van der Waals surface area contributed by atoms with Crippen molar-refractivity contribution >= 4 is 35.3 Å². The van der Waals surface area contributed by atoms with Gasteiger partial charge in [-0.1, -0.05) is 137 Å². The number of rotatable bonds is 24. The Morgan fingerprint density at radius 2 is 0.975 bits per heavy atom. The van der Waals surface area contributed by atoms with Gasteiger partial charge in [0.1, 0.15) is 11.8 Å². The van der Waals surface area contributed by atoms with E-state index in [1.54, 1.807) is 7.05 Å². The van der Waals surface area contributed by atoms with E-state index in [4.69, 9.17) is 0 Å². The van der Waals surface area contributed by atoms with Crippen molar-refractivity contribution in [3.63, 3.8) is 0 Å². The highest BCUT2D eigenvalue weighted by Gasteiger charge is 2.41. The van der Waals surface area contributed by atoms with Gasteiger partial charge in [0, 0.05) is 80.7 Å². The van der Waals surface area contributed by atoms with Crippen molar-refractivity contribution in [2.24, 2.45) is 23.7 Å².